The number of benzene rings is 2. The summed E-state index contributed by atoms with van der Waals surface area (Å²) in [5, 5.41) is 8.23. The number of urea groups is 1. The molecule has 156 valence electrons. The van der Waals surface area contributed by atoms with E-state index >= 15 is 0 Å². The van der Waals surface area contributed by atoms with Crippen molar-refractivity contribution in [1.29, 1.82) is 0 Å². The molecule has 3 rings (SSSR count). The number of rotatable bonds is 8. The Labute approximate surface area is 174 Å². The molecule has 0 saturated carbocycles. The molecule has 3 N–H and O–H groups in total. The van der Waals surface area contributed by atoms with E-state index in [-0.39, 0.29) is 11.9 Å². The van der Waals surface area contributed by atoms with E-state index in [9.17, 15) is 9.59 Å². The van der Waals surface area contributed by atoms with Crippen molar-refractivity contribution < 1.29 is 18.7 Å². The van der Waals surface area contributed by atoms with Gasteiger partial charge in [-0.3, -0.25) is 4.79 Å². The standard InChI is InChI=1S/C22H24N4O4/c1-3-23-20(27)15-4-8-17(9-5-15)26-22(28)24-13-12-18-14-30-21(25-18)16-6-10-19(29-2)11-7-16/h4-11,14H,3,12-13H2,1-2H3,(H,23,27)(H2,24,26,28). The van der Waals surface area contributed by atoms with Crippen LogP contribution in [0.5, 0.6) is 5.75 Å². The Hall–Kier alpha value is -3.81. The molecular weight excluding hydrogens is 384 g/mol. The van der Waals surface area contributed by atoms with Crippen LogP contribution < -0.4 is 20.7 Å². The molecule has 0 spiro atoms. The van der Waals surface area contributed by atoms with E-state index in [4.69, 9.17) is 9.15 Å². The summed E-state index contributed by atoms with van der Waals surface area (Å²) in [6.07, 6.45) is 2.11. The fourth-order valence-corrected chi connectivity index (χ4v) is 2.73. The zero-order chi connectivity index (χ0) is 21.3. The number of carbonyl (C=O) groups is 2. The molecule has 8 heteroatoms. The summed E-state index contributed by atoms with van der Waals surface area (Å²) in [5.41, 5.74) is 2.74. The number of oxazole rings is 1. The van der Waals surface area contributed by atoms with Crippen molar-refractivity contribution in [2.45, 2.75) is 13.3 Å². The van der Waals surface area contributed by atoms with E-state index < -0.39 is 0 Å². The average molecular weight is 408 g/mol. The fraction of sp³-hybridized carbons (Fsp3) is 0.227. The minimum atomic E-state index is -0.334. The smallest absolute Gasteiger partial charge is 0.319 e. The zero-order valence-corrected chi connectivity index (χ0v) is 16.9. The van der Waals surface area contributed by atoms with Crippen molar-refractivity contribution in [2.24, 2.45) is 0 Å². The number of hydrogen-bond acceptors (Lipinski definition) is 5. The van der Waals surface area contributed by atoms with Crippen LogP contribution in [0.15, 0.2) is 59.2 Å². The molecule has 1 aromatic heterocycles. The first kappa shape index (κ1) is 20.9. The lowest BCUT2D eigenvalue weighted by Crippen LogP contribution is -2.30. The van der Waals surface area contributed by atoms with E-state index in [1.165, 1.54) is 0 Å². The van der Waals surface area contributed by atoms with Crippen LogP contribution in [0.2, 0.25) is 0 Å². The molecule has 2 aromatic carbocycles. The lowest BCUT2D eigenvalue weighted by molar-refractivity contribution is 0.0956. The Kier molecular flexibility index (Phi) is 7.05. The molecule has 0 fully saturated rings. The molecule has 3 amide bonds. The molecule has 3 aromatic rings. The van der Waals surface area contributed by atoms with Crippen LogP contribution in [0.3, 0.4) is 0 Å². The molecular formula is C22H24N4O4. The zero-order valence-electron chi connectivity index (χ0n) is 16.9. The number of carbonyl (C=O) groups excluding carboxylic acids is 2. The maximum Gasteiger partial charge on any atom is 0.319 e. The minimum Gasteiger partial charge on any atom is -0.497 e. The van der Waals surface area contributed by atoms with Gasteiger partial charge in [0.2, 0.25) is 5.89 Å². The van der Waals surface area contributed by atoms with Gasteiger partial charge in [0.1, 0.15) is 12.0 Å². The van der Waals surface area contributed by atoms with Gasteiger partial charge in [-0.05, 0) is 55.5 Å². The van der Waals surface area contributed by atoms with E-state index in [0.717, 1.165) is 17.0 Å². The van der Waals surface area contributed by atoms with Crippen molar-refractivity contribution >= 4 is 17.6 Å². The number of amides is 3. The largest absolute Gasteiger partial charge is 0.497 e. The number of nitrogens with zero attached hydrogens (tertiary/aromatic N) is 1. The number of nitrogens with one attached hydrogen (secondary N) is 3. The Morgan fingerprint density at radius 2 is 1.77 bits per heavy atom. The Morgan fingerprint density at radius 3 is 2.43 bits per heavy atom. The third-order valence-corrected chi connectivity index (χ3v) is 4.30. The molecule has 0 aliphatic heterocycles. The van der Waals surface area contributed by atoms with Crippen molar-refractivity contribution in [3.63, 3.8) is 0 Å². The van der Waals surface area contributed by atoms with Crippen LogP contribution in [0, 0.1) is 0 Å². The van der Waals surface area contributed by atoms with Gasteiger partial charge in [0.25, 0.3) is 5.91 Å². The van der Waals surface area contributed by atoms with Gasteiger partial charge in [-0.2, -0.15) is 0 Å². The second-order valence-electron chi connectivity index (χ2n) is 6.44. The highest BCUT2D eigenvalue weighted by molar-refractivity contribution is 5.95. The average Bonchev–Trinajstić information content (AvgIpc) is 3.23. The molecule has 1 heterocycles. The van der Waals surface area contributed by atoms with Crippen LogP contribution >= 0.6 is 0 Å². The summed E-state index contributed by atoms with van der Waals surface area (Å²) in [6.45, 7) is 2.82. The van der Waals surface area contributed by atoms with Gasteiger partial charge in [0.15, 0.2) is 0 Å². The molecule has 0 atom stereocenters. The van der Waals surface area contributed by atoms with Crippen molar-refractivity contribution in [3.05, 3.63) is 66.1 Å². The maximum absolute atomic E-state index is 12.1. The first-order chi connectivity index (χ1) is 14.6. The maximum atomic E-state index is 12.1. The Morgan fingerprint density at radius 1 is 1.03 bits per heavy atom. The number of hydrogen-bond donors (Lipinski definition) is 3. The monoisotopic (exact) mass is 408 g/mol. The van der Waals surface area contributed by atoms with E-state index in [0.29, 0.717) is 36.7 Å². The van der Waals surface area contributed by atoms with E-state index in [1.807, 2.05) is 31.2 Å². The van der Waals surface area contributed by atoms with Gasteiger partial charge >= 0.3 is 6.03 Å². The SMILES string of the molecule is CCNC(=O)c1ccc(NC(=O)NCCc2coc(-c3ccc(OC)cc3)n2)cc1. The highest BCUT2D eigenvalue weighted by Gasteiger charge is 2.09. The summed E-state index contributed by atoms with van der Waals surface area (Å²) in [6, 6.07) is 13.8. The van der Waals surface area contributed by atoms with Gasteiger partial charge in [0, 0.05) is 36.3 Å². The van der Waals surface area contributed by atoms with E-state index in [2.05, 4.69) is 20.9 Å². The van der Waals surface area contributed by atoms with E-state index in [1.54, 1.807) is 37.6 Å². The van der Waals surface area contributed by atoms with Crippen molar-refractivity contribution in [3.8, 4) is 17.2 Å². The van der Waals surface area contributed by atoms with Crippen LogP contribution in [-0.4, -0.2) is 37.1 Å². The molecule has 8 nitrogen and oxygen atoms in total. The highest BCUT2D eigenvalue weighted by atomic mass is 16.5. The minimum absolute atomic E-state index is 0.143. The number of aromatic nitrogens is 1. The van der Waals surface area contributed by atoms with Crippen molar-refractivity contribution in [1.82, 2.24) is 15.6 Å². The van der Waals surface area contributed by atoms with Crippen LogP contribution in [0.25, 0.3) is 11.5 Å². The first-order valence-electron chi connectivity index (χ1n) is 9.61. The third kappa shape index (κ3) is 5.60. The summed E-state index contributed by atoms with van der Waals surface area (Å²) < 4.78 is 10.7. The summed E-state index contributed by atoms with van der Waals surface area (Å²) in [4.78, 5) is 28.2. The highest BCUT2D eigenvalue weighted by Crippen LogP contribution is 2.21. The molecule has 0 aliphatic rings. The molecule has 0 radical (unpaired) electrons. The van der Waals surface area contributed by atoms with Crippen molar-refractivity contribution in [2.75, 3.05) is 25.5 Å². The normalized spacial score (nSPS) is 10.3. The van der Waals surface area contributed by atoms with Gasteiger partial charge in [-0.1, -0.05) is 0 Å². The van der Waals surface area contributed by atoms with Gasteiger partial charge < -0.3 is 25.1 Å². The first-order valence-corrected chi connectivity index (χ1v) is 9.61. The van der Waals surface area contributed by atoms with Crippen LogP contribution in [0.4, 0.5) is 10.5 Å². The Balaban J connectivity index is 1.45. The summed E-state index contributed by atoms with van der Waals surface area (Å²) >= 11 is 0. The molecule has 0 aliphatic carbocycles. The van der Waals surface area contributed by atoms with Gasteiger partial charge in [-0.15, -0.1) is 0 Å². The topological polar surface area (TPSA) is 105 Å². The summed E-state index contributed by atoms with van der Waals surface area (Å²) in [5.74, 6) is 1.14. The lowest BCUT2D eigenvalue weighted by Gasteiger charge is -2.08. The molecule has 0 saturated heterocycles. The Bertz CT molecular complexity index is 981. The third-order valence-electron chi connectivity index (χ3n) is 4.30. The van der Waals surface area contributed by atoms with Gasteiger partial charge in [0.05, 0.1) is 12.8 Å². The van der Waals surface area contributed by atoms with Gasteiger partial charge in [-0.25, -0.2) is 9.78 Å². The predicted molar refractivity (Wildman–Crippen MR) is 114 cm³/mol. The fourth-order valence-electron chi connectivity index (χ4n) is 2.73. The predicted octanol–water partition coefficient (Wildman–Crippen LogP) is 3.46. The molecule has 30 heavy (non-hydrogen) atoms. The summed E-state index contributed by atoms with van der Waals surface area (Å²) in [7, 11) is 1.61. The number of ether oxygens (including phenoxy) is 1. The second kappa shape index (κ2) is 10.1. The van der Waals surface area contributed by atoms with Crippen LogP contribution in [-0.2, 0) is 6.42 Å². The second-order valence-corrected chi connectivity index (χ2v) is 6.44. The number of methoxy groups -OCH3 is 1. The van der Waals surface area contributed by atoms with Crippen LogP contribution in [0.1, 0.15) is 23.0 Å². The quantitative estimate of drug-likeness (QED) is 0.529. The molecule has 0 bridgehead atoms. The molecule has 0 unspecified atom stereocenters. The lowest BCUT2D eigenvalue weighted by atomic mass is 10.2. The number of anilines is 1.